The van der Waals surface area contributed by atoms with Crippen molar-refractivity contribution in [2.75, 3.05) is 11.2 Å². The highest BCUT2D eigenvalue weighted by Crippen LogP contribution is 2.39. The molecule has 0 radical (unpaired) electrons. The Kier molecular flexibility index (Phi) is 6.69. The number of amides is 1. The number of rotatable bonds is 6. The third kappa shape index (κ3) is 5.42. The molecule has 1 amide bonds. The van der Waals surface area contributed by atoms with Crippen LogP contribution in [0, 0.1) is 5.82 Å². The second-order valence-corrected chi connectivity index (χ2v) is 11.8. The summed E-state index contributed by atoms with van der Waals surface area (Å²) in [5.41, 5.74) is -2.69. The zero-order chi connectivity index (χ0) is 26.5. The van der Waals surface area contributed by atoms with E-state index in [1.54, 1.807) is 6.07 Å². The van der Waals surface area contributed by atoms with Crippen LogP contribution in [0.4, 0.5) is 23.4 Å². The maximum absolute atomic E-state index is 14.1. The molecule has 7 nitrogen and oxygen atoms in total. The molecule has 196 valence electrons. The number of benzene rings is 1. The molecule has 1 N–H and O–H groups in total. The zero-order valence-corrected chi connectivity index (χ0v) is 20.8. The molecule has 4 rings (SSSR count). The molecule has 2 fully saturated rings. The van der Waals surface area contributed by atoms with Crippen LogP contribution in [0.2, 0.25) is 0 Å². The third-order valence-corrected chi connectivity index (χ3v) is 7.75. The molecule has 0 aliphatic carbocycles. The first-order valence-electron chi connectivity index (χ1n) is 11.5. The van der Waals surface area contributed by atoms with E-state index in [4.69, 9.17) is 4.74 Å². The summed E-state index contributed by atoms with van der Waals surface area (Å²) in [4.78, 5) is 19.6. The highest BCUT2D eigenvalue weighted by molar-refractivity contribution is 7.90. The maximum Gasteiger partial charge on any atom is 0.416 e. The predicted molar refractivity (Wildman–Crippen MR) is 124 cm³/mol. The Hall–Kier alpha value is -2.89. The van der Waals surface area contributed by atoms with Gasteiger partial charge in [-0.25, -0.2) is 17.8 Å². The lowest BCUT2D eigenvalue weighted by atomic mass is 9.96. The van der Waals surface area contributed by atoms with E-state index in [0.717, 1.165) is 19.1 Å². The van der Waals surface area contributed by atoms with E-state index in [0.29, 0.717) is 36.9 Å². The van der Waals surface area contributed by atoms with Crippen molar-refractivity contribution in [3.63, 3.8) is 0 Å². The van der Waals surface area contributed by atoms with Gasteiger partial charge >= 0.3 is 6.18 Å². The minimum atomic E-state index is -4.68. The van der Waals surface area contributed by atoms with Gasteiger partial charge in [0.1, 0.15) is 5.82 Å². The number of ether oxygens (including phenoxy) is 1. The average Bonchev–Trinajstić information content (AvgIpc) is 3.04. The van der Waals surface area contributed by atoms with E-state index < -0.39 is 44.7 Å². The summed E-state index contributed by atoms with van der Waals surface area (Å²) in [7, 11) is -3.35. The summed E-state index contributed by atoms with van der Waals surface area (Å²) < 4.78 is 82.0. The van der Waals surface area contributed by atoms with Gasteiger partial charge in [-0.2, -0.15) is 13.2 Å². The van der Waals surface area contributed by atoms with Gasteiger partial charge < -0.3 is 15.0 Å². The quantitative estimate of drug-likeness (QED) is 0.567. The topological polar surface area (TPSA) is 88.6 Å². The Bertz CT molecular complexity index is 1230. The molecule has 2 bridgehead atoms. The predicted octanol–water partition coefficient (Wildman–Crippen LogP) is 4.12. The van der Waals surface area contributed by atoms with Crippen LogP contribution in [0.25, 0.3) is 0 Å². The monoisotopic (exact) mass is 529 g/mol. The Balaban J connectivity index is 1.42. The van der Waals surface area contributed by atoms with E-state index in [1.807, 2.05) is 0 Å². The van der Waals surface area contributed by atoms with Crippen LogP contribution in [0.1, 0.15) is 45.1 Å². The van der Waals surface area contributed by atoms with Gasteiger partial charge in [-0.05, 0) is 69.9 Å². The van der Waals surface area contributed by atoms with E-state index in [-0.39, 0.29) is 23.0 Å². The lowest BCUT2D eigenvalue weighted by Crippen LogP contribution is -2.55. The zero-order valence-electron chi connectivity index (χ0n) is 20.0. The first-order chi connectivity index (χ1) is 16.6. The van der Waals surface area contributed by atoms with Gasteiger partial charge in [0.25, 0.3) is 5.91 Å². The molecular weight excluding hydrogens is 502 g/mol. The van der Waals surface area contributed by atoms with Gasteiger partial charge in [0, 0.05) is 30.6 Å². The molecule has 2 atom stereocenters. The van der Waals surface area contributed by atoms with Gasteiger partial charge in [-0.3, -0.25) is 4.79 Å². The number of halogens is 4. The Morgan fingerprint density at radius 2 is 1.75 bits per heavy atom. The fraction of sp³-hybridized carbons (Fsp3) is 0.500. The Labute approximate surface area is 206 Å². The maximum atomic E-state index is 14.1. The number of sulfone groups is 1. The first kappa shape index (κ1) is 26.2. The van der Waals surface area contributed by atoms with Crippen molar-refractivity contribution in [2.24, 2.45) is 0 Å². The number of pyridine rings is 1. The summed E-state index contributed by atoms with van der Waals surface area (Å²) in [6, 6.07) is 4.98. The highest BCUT2D eigenvalue weighted by Gasteiger charge is 2.43. The largest absolute Gasteiger partial charge is 0.475 e. The summed E-state index contributed by atoms with van der Waals surface area (Å²) >= 11 is 0. The highest BCUT2D eigenvalue weighted by atomic mass is 32.2. The number of carbonyl (C=O) groups excluding carboxylic acids is 1. The minimum Gasteiger partial charge on any atom is -0.475 e. The lowest BCUT2D eigenvalue weighted by Gasteiger charge is -2.40. The summed E-state index contributed by atoms with van der Waals surface area (Å²) in [6.07, 6.45) is 0.742. The van der Waals surface area contributed by atoms with Crippen LogP contribution < -0.4 is 15.0 Å². The van der Waals surface area contributed by atoms with Crippen molar-refractivity contribution in [1.29, 1.82) is 0 Å². The molecule has 1 aromatic heterocycles. The smallest absolute Gasteiger partial charge is 0.416 e. The number of piperidine rings is 1. The molecular formula is C24H27F4N3O4S. The number of nitrogens with one attached hydrogen (secondary N) is 1. The van der Waals surface area contributed by atoms with Crippen molar-refractivity contribution in [3.8, 4) is 5.75 Å². The number of hydrogen-bond acceptors (Lipinski definition) is 6. The van der Waals surface area contributed by atoms with Crippen LogP contribution >= 0.6 is 0 Å². The van der Waals surface area contributed by atoms with Gasteiger partial charge in [0.05, 0.1) is 10.5 Å². The molecule has 2 unspecified atom stereocenters. The average molecular weight is 530 g/mol. The second-order valence-electron chi connectivity index (χ2n) is 9.81. The van der Waals surface area contributed by atoms with Gasteiger partial charge in [0.15, 0.2) is 27.0 Å². The van der Waals surface area contributed by atoms with Crippen LogP contribution in [0.5, 0.6) is 5.75 Å². The number of carbonyl (C=O) groups is 1. The van der Waals surface area contributed by atoms with Gasteiger partial charge in [-0.1, -0.05) is 0 Å². The van der Waals surface area contributed by atoms with E-state index in [2.05, 4.69) is 15.2 Å². The molecule has 1 aromatic carbocycles. The number of fused-ring (bicyclic) bond motifs is 2. The number of anilines is 1. The molecule has 2 aliphatic rings. The van der Waals surface area contributed by atoms with E-state index in [9.17, 15) is 30.8 Å². The van der Waals surface area contributed by atoms with Crippen LogP contribution in [0.3, 0.4) is 0 Å². The second kappa shape index (κ2) is 9.20. The van der Waals surface area contributed by atoms with Crippen molar-refractivity contribution < 1.29 is 35.5 Å². The van der Waals surface area contributed by atoms with Crippen LogP contribution in [-0.2, 0) is 20.8 Å². The van der Waals surface area contributed by atoms with Gasteiger partial charge in [0.2, 0.25) is 0 Å². The summed E-state index contributed by atoms with van der Waals surface area (Å²) in [5.74, 6) is -1.54. The molecule has 2 aliphatic heterocycles. The molecule has 0 saturated carbocycles. The number of aromatic nitrogens is 1. The fourth-order valence-corrected chi connectivity index (χ4v) is 5.41. The molecule has 2 saturated heterocycles. The molecule has 3 heterocycles. The minimum absolute atomic E-state index is 0.0792. The first-order valence-corrected chi connectivity index (χ1v) is 13.4. The summed E-state index contributed by atoms with van der Waals surface area (Å²) in [6.45, 7) is 2.75. The number of alkyl halides is 3. The van der Waals surface area contributed by atoms with Crippen LogP contribution in [-0.4, -0.2) is 49.3 Å². The van der Waals surface area contributed by atoms with Crippen LogP contribution in [0.15, 0.2) is 41.4 Å². The Morgan fingerprint density at radius 1 is 1.11 bits per heavy atom. The molecule has 0 spiro atoms. The Morgan fingerprint density at radius 3 is 2.28 bits per heavy atom. The standard InChI is InChI=1S/C24H27F4N3O4S/c1-23(2,35-20-10-14(24(26,27)28)4-8-19(20)25)22(32)30-15-11-16-5-6-17(12-15)31(16)21-9-7-18(13-29-21)36(3,33)34/h4,7-10,13,15-17H,5-6,11-12H2,1-3H3,(H,30,32). The molecule has 12 heteroatoms. The lowest BCUT2D eigenvalue weighted by molar-refractivity contribution is -0.138. The van der Waals surface area contributed by atoms with Crippen molar-refractivity contribution in [3.05, 3.63) is 47.9 Å². The van der Waals surface area contributed by atoms with E-state index >= 15 is 0 Å². The molecule has 36 heavy (non-hydrogen) atoms. The van der Waals surface area contributed by atoms with Crippen molar-refractivity contribution in [2.45, 2.75) is 74.3 Å². The number of nitrogens with zero attached hydrogens (tertiary/aromatic N) is 2. The normalized spacial score (nSPS) is 22.4. The number of hydrogen-bond donors (Lipinski definition) is 1. The third-order valence-electron chi connectivity index (χ3n) is 6.65. The van der Waals surface area contributed by atoms with Crippen molar-refractivity contribution in [1.82, 2.24) is 10.3 Å². The van der Waals surface area contributed by atoms with Crippen molar-refractivity contribution >= 4 is 21.6 Å². The molecule has 2 aromatic rings. The summed E-state index contributed by atoms with van der Waals surface area (Å²) in [5, 5.41) is 2.91. The van der Waals surface area contributed by atoms with Gasteiger partial charge in [-0.15, -0.1) is 0 Å². The fourth-order valence-electron chi connectivity index (χ4n) is 4.85. The SMILES string of the molecule is CC(C)(Oc1cc(C(F)(F)F)ccc1F)C(=O)NC1CC2CCC(C1)N2c1ccc(S(C)(=O)=O)cn1. The van der Waals surface area contributed by atoms with E-state index in [1.165, 1.54) is 26.1 Å².